The van der Waals surface area contributed by atoms with Gasteiger partial charge in [0.2, 0.25) is 0 Å². The predicted octanol–water partition coefficient (Wildman–Crippen LogP) is 1.89. The van der Waals surface area contributed by atoms with Crippen LogP contribution in [-0.4, -0.2) is 44.1 Å². The Hall–Kier alpha value is -2.30. The summed E-state index contributed by atoms with van der Waals surface area (Å²) in [6.45, 7) is 4.29. The number of esters is 1. The van der Waals surface area contributed by atoms with Crippen molar-refractivity contribution >= 4 is 11.9 Å². The number of nitrogens with zero attached hydrogens (tertiary/aromatic N) is 1. The summed E-state index contributed by atoms with van der Waals surface area (Å²) in [5.41, 5.74) is 0.539. The van der Waals surface area contributed by atoms with E-state index in [-0.39, 0.29) is 18.3 Å². The maximum absolute atomic E-state index is 12.3. The maximum Gasteiger partial charge on any atom is 0.307 e. The highest BCUT2D eigenvalue weighted by molar-refractivity contribution is 5.94. The largest absolute Gasteiger partial charge is 0.497 e. The number of benzene rings is 1. The minimum Gasteiger partial charge on any atom is -0.497 e. The molecule has 0 N–H and O–H groups in total. The Balaban J connectivity index is 2.75. The lowest BCUT2D eigenvalue weighted by Crippen LogP contribution is -2.33. The first-order valence-corrected chi connectivity index (χ1v) is 6.23. The summed E-state index contributed by atoms with van der Waals surface area (Å²) < 4.78 is 9.62. The molecule has 5 nitrogen and oxygen atoms in total. The van der Waals surface area contributed by atoms with Gasteiger partial charge in [0.25, 0.3) is 5.91 Å². The van der Waals surface area contributed by atoms with E-state index >= 15 is 0 Å². The molecule has 1 amide bonds. The Labute approximate surface area is 118 Å². The molecule has 0 radical (unpaired) electrons. The van der Waals surface area contributed by atoms with Gasteiger partial charge in [0.05, 0.1) is 20.6 Å². The third-order valence-corrected chi connectivity index (χ3v) is 2.79. The van der Waals surface area contributed by atoms with Crippen molar-refractivity contribution in [3.8, 4) is 5.75 Å². The lowest BCUT2D eigenvalue weighted by Gasteiger charge is -2.20. The van der Waals surface area contributed by atoms with E-state index < -0.39 is 0 Å². The highest BCUT2D eigenvalue weighted by Gasteiger charge is 2.16. The molecule has 0 bridgehead atoms. The summed E-state index contributed by atoms with van der Waals surface area (Å²) in [4.78, 5) is 25.0. The van der Waals surface area contributed by atoms with Crippen LogP contribution in [0.1, 0.15) is 16.8 Å². The summed E-state index contributed by atoms with van der Waals surface area (Å²) in [5, 5.41) is 0. The topological polar surface area (TPSA) is 55.8 Å². The van der Waals surface area contributed by atoms with Gasteiger partial charge in [-0.05, 0) is 24.3 Å². The molecular weight excluding hydrogens is 258 g/mol. The van der Waals surface area contributed by atoms with Gasteiger partial charge in [-0.3, -0.25) is 9.59 Å². The van der Waals surface area contributed by atoms with Crippen molar-refractivity contribution in [2.45, 2.75) is 6.42 Å². The Morgan fingerprint density at radius 2 is 1.90 bits per heavy atom. The molecule has 0 atom stereocenters. The molecule has 0 unspecified atom stereocenters. The van der Waals surface area contributed by atoms with E-state index in [1.807, 2.05) is 0 Å². The SMILES string of the molecule is C=CCN(CCC(=O)OC)C(=O)c1ccc(OC)cc1. The fraction of sp³-hybridized carbons (Fsp3) is 0.333. The number of ether oxygens (including phenoxy) is 2. The van der Waals surface area contributed by atoms with Crippen molar-refractivity contribution in [2.24, 2.45) is 0 Å². The van der Waals surface area contributed by atoms with E-state index in [2.05, 4.69) is 11.3 Å². The van der Waals surface area contributed by atoms with Gasteiger partial charge in [0.15, 0.2) is 0 Å². The average molecular weight is 277 g/mol. The standard InChI is InChI=1S/C15H19NO4/c1-4-10-16(11-9-14(17)20-3)15(18)12-5-7-13(19-2)8-6-12/h4-8H,1,9-11H2,2-3H3. The molecule has 0 aliphatic rings. The Kier molecular flexibility index (Phi) is 6.29. The molecule has 0 spiro atoms. The summed E-state index contributed by atoms with van der Waals surface area (Å²) >= 11 is 0. The number of rotatable bonds is 7. The first kappa shape index (κ1) is 15.8. The van der Waals surface area contributed by atoms with E-state index in [1.165, 1.54) is 7.11 Å². The van der Waals surface area contributed by atoms with Gasteiger partial charge >= 0.3 is 5.97 Å². The summed E-state index contributed by atoms with van der Waals surface area (Å²) in [6, 6.07) is 6.82. The molecule has 20 heavy (non-hydrogen) atoms. The molecule has 0 heterocycles. The maximum atomic E-state index is 12.3. The number of carbonyl (C=O) groups excluding carboxylic acids is 2. The Morgan fingerprint density at radius 1 is 1.25 bits per heavy atom. The molecule has 0 aliphatic heterocycles. The molecule has 0 fully saturated rings. The van der Waals surface area contributed by atoms with E-state index in [0.29, 0.717) is 24.4 Å². The van der Waals surface area contributed by atoms with Gasteiger partial charge in [-0.15, -0.1) is 6.58 Å². The van der Waals surface area contributed by atoms with Gasteiger partial charge in [-0.2, -0.15) is 0 Å². The van der Waals surface area contributed by atoms with E-state index in [9.17, 15) is 9.59 Å². The molecule has 1 aromatic rings. The normalized spacial score (nSPS) is 9.70. The van der Waals surface area contributed by atoms with Crippen LogP contribution in [0, 0.1) is 0 Å². The molecular formula is C15H19NO4. The van der Waals surface area contributed by atoms with Gasteiger partial charge in [-0.25, -0.2) is 0 Å². The zero-order chi connectivity index (χ0) is 15.0. The van der Waals surface area contributed by atoms with Crippen LogP contribution in [0.4, 0.5) is 0 Å². The quantitative estimate of drug-likeness (QED) is 0.564. The lowest BCUT2D eigenvalue weighted by atomic mass is 10.2. The van der Waals surface area contributed by atoms with Gasteiger partial charge < -0.3 is 14.4 Å². The third kappa shape index (κ3) is 4.42. The van der Waals surface area contributed by atoms with E-state index in [1.54, 1.807) is 42.4 Å². The van der Waals surface area contributed by atoms with Crippen LogP contribution in [0.3, 0.4) is 0 Å². The number of hydrogen-bond donors (Lipinski definition) is 0. The average Bonchev–Trinajstić information content (AvgIpc) is 2.50. The van der Waals surface area contributed by atoms with Crippen molar-refractivity contribution in [1.29, 1.82) is 0 Å². The van der Waals surface area contributed by atoms with Crippen molar-refractivity contribution in [2.75, 3.05) is 27.3 Å². The minimum absolute atomic E-state index is 0.156. The smallest absolute Gasteiger partial charge is 0.307 e. The van der Waals surface area contributed by atoms with E-state index in [0.717, 1.165) is 0 Å². The van der Waals surface area contributed by atoms with Crippen LogP contribution in [0.25, 0.3) is 0 Å². The first-order valence-electron chi connectivity index (χ1n) is 6.23. The molecule has 0 saturated heterocycles. The van der Waals surface area contributed by atoms with Gasteiger partial charge in [0, 0.05) is 18.7 Å². The second-order valence-electron chi connectivity index (χ2n) is 4.09. The number of hydrogen-bond acceptors (Lipinski definition) is 4. The van der Waals surface area contributed by atoms with Crippen molar-refractivity contribution < 1.29 is 19.1 Å². The van der Waals surface area contributed by atoms with Crippen LogP contribution in [0.5, 0.6) is 5.75 Å². The summed E-state index contributed by atoms with van der Waals surface area (Å²) in [7, 11) is 2.89. The Bertz CT molecular complexity index is 467. The molecule has 0 saturated carbocycles. The van der Waals surface area contributed by atoms with Crippen LogP contribution >= 0.6 is 0 Å². The first-order chi connectivity index (χ1) is 9.62. The monoisotopic (exact) mass is 277 g/mol. The van der Waals surface area contributed by atoms with Crippen LogP contribution in [-0.2, 0) is 9.53 Å². The third-order valence-electron chi connectivity index (χ3n) is 2.79. The molecule has 108 valence electrons. The van der Waals surface area contributed by atoms with Crippen molar-refractivity contribution in [1.82, 2.24) is 4.90 Å². The Morgan fingerprint density at radius 3 is 2.40 bits per heavy atom. The molecule has 5 heteroatoms. The fourth-order valence-electron chi connectivity index (χ4n) is 1.68. The van der Waals surface area contributed by atoms with Crippen molar-refractivity contribution in [3.05, 3.63) is 42.5 Å². The molecule has 0 aromatic heterocycles. The lowest BCUT2D eigenvalue weighted by molar-refractivity contribution is -0.140. The fourth-order valence-corrected chi connectivity index (χ4v) is 1.68. The summed E-state index contributed by atoms with van der Waals surface area (Å²) in [5.74, 6) is 0.185. The van der Waals surface area contributed by atoms with Crippen LogP contribution < -0.4 is 4.74 Å². The van der Waals surface area contributed by atoms with Crippen LogP contribution in [0.15, 0.2) is 36.9 Å². The van der Waals surface area contributed by atoms with E-state index in [4.69, 9.17) is 4.74 Å². The second-order valence-corrected chi connectivity index (χ2v) is 4.09. The predicted molar refractivity (Wildman–Crippen MR) is 75.7 cm³/mol. The molecule has 0 aliphatic carbocycles. The van der Waals surface area contributed by atoms with Crippen LogP contribution in [0.2, 0.25) is 0 Å². The highest BCUT2D eigenvalue weighted by atomic mass is 16.5. The van der Waals surface area contributed by atoms with Gasteiger partial charge in [0.1, 0.15) is 5.75 Å². The summed E-state index contributed by atoms with van der Waals surface area (Å²) in [6.07, 6.45) is 1.78. The zero-order valence-electron chi connectivity index (χ0n) is 11.8. The van der Waals surface area contributed by atoms with Crippen molar-refractivity contribution in [3.63, 3.8) is 0 Å². The van der Waals surface area contributed by atoms with Gasteiger partial charge in [-0.1, -0.05) is 6.08 Å². The highest BCUT2D eigenvalue weighted by Crippen LogP contribution is 2.13. The number of carbonyl (C=O) groups is 2. The number of methoxy groups -OCH3 is 2. The minimum atomic E-state index is -0.346. The molecule has 1 rings (SSSR count). The molecule has 1 aromatic carbocycles. The zero-order valence-corrected chi connectivity index (χ0v) is 11.8. The number of amides is 1. The second kappa shape index (κ2) is 7.99.